The molecule has 1 aromatic carbocycles. The predicted molar refractivity (Wildman–Crippen MR) is 89.0 cm³/mol. The molecule has 0 spiro atoms. The zero-order valence-corrected chi connectivity index (χ0v) is 14.3. The number of halogens is 1. The second-order valence-corrected chi connectivity index (χ2v) is 5.91. The van der Waals surface area contributed by atoms with Gasteiger partial charge in [0.15, 0.2) is 0 Å². The van der Waals surface area contributed by atoms with Gasteiger partial charge in [-0.1, -0.05) is 6.07 Å². The summed E-state index contributed by atoms with van der Waals surface area (Å²) >= 11 is 0. The fraction of sp³-hybridized carbons (Fsp3) is 0.412. The molecule has 0 atom stereocenters. The number of rotatable bonds is 5. The molecule has 0 radical (unpaired) electrons. The van der Waals surface area contributed by atoms with Crippen LogP contribution in [0.1, 0.15) is 22.5 Å². The second-order valence-electron chi connectivity index (χ2n) is 5.91. The van der Waals surface area contributed by atoms with Crippen LogP contribution in [0.25, 0.3) is 0 Å². The van der Waals surface area contributed by atoms with Crippen LogP contribution in [0.3, 0.4) is 0 Å². The molecule has 124 valence electrons. The highest BCUT2D eigenvalue weighted by Crippen LogP contribution is 2.18. The summed E-state index contributed by atoms with van der Waals surface area (Å²) in [5, 5.41) is 7.13. The molecule has 6 heteroatoms. The Bertz CT molecular complexity index is 722. The Morgan fingerprint density at radius 1 is 1.35 bits per heavy atom. The first-order valence-corrected chi connectivity index (χ1v) is 7.51. The van der Waals surface area contributed by atoms with E-state index in [0.29, 0.717) is 12.2 Å². The zero-order valence-electron chi connectivity index (χ0n) is 14.3. The fourth-order valence-electron chi connectivity index (χ4n) is 2.52. The summed E-state index contributed by atoms with van der Waals surface area (Å²) in [7, 11) is 5.44. The van der Waals surface area contributed by atoms with E-state index in [1.807, 2.05) is 27.0 Å². The van der Waals surface area contributed by atoms with Gasteiger partial charge in [-0.2, -0.15) is 5.10 Å². The Balaban J connectivity index is 1.98. The summed E-state index contributed by atoms with van der Waals surface area (Å²) in [5.41, 5.74) is 4.06. The lowest BCUT2D eigenvalue weighted by Crippen LogP contribution is -2.25. The molecule has 0 saturated carbocycles. The third-order valence-electron chi connectivity index (χ3n) is 3.98. The monoisotopic (exact) mass is 318 g/mol. The zero-order chi connectivity index (χ0) is 17.1. The third kappa shape index (κ3) is 3.88. The quantitative estimate of drug-likeness (QED) is 0.918. The van der Waals surface area contributed by atoms with Gasteiger partial charge in [-0.05, 0) is 31.5 Å². The van der Waals surface area contributed by atoms with Crippen molar-refractivity contribution in [2.75, 3.05) is 19.0 Å². The smallest absolute Gasteiger partial charge is 0.224 e. The minimum absolute atomic E-state index is 0.0960. The number of amides is 1. The molecule has 0 aliphatic rings. The van der Waals surface area contributed by atoms with Crippen LogP contribution in [0.4, 0.5) is 10.1 Å². The first-order chi connectivity index (χ1) is 10.8. The third-order valence-corrected chi connectivity index (χ3v) is 3.98. The minimum atomic E-state index is -0.291. The Hall–Kier alpha value is -2.37. The molecular formula is C17H23FN4O. The molecule has 1 amide bonds. The number of aryl methyl sites for hydroxylation is 2. The van der Waals surface area contributed by atoms with Crippen LogP contribution in [0.15, 0.2) is 18.2 Å². The average molecular weight is 318 g/mol. The molecule has 2 aromatic rings. The highest BCUT2D eigenvalue weighted by atomic mass is 19.1. The van der Waals surface area contributed by atoms with E-state index in [0.717, 1.165) is 22.5 Å². The van der Waals surface area contributed by atoms with Gasteiger partial charge in [0.1, 0.15) is 5.82 Å². The highest BCUT2D eigenvalue weighted by Gasteiger charge is 2.13. The van der Waals surface area contributed by atoms with E-state index in [4.69, 9.17) is 0 Å². The van der Waals surface area contributed by atoms with Gasteiger partial charge < -0.3 is 10.2 Å². The van der Waals surface area contributed by atoms with Crippen molar-refractivity contribution in [2.45, 2.75) is 26.8 Å². The predicted octanol–water partition coefficient (Wildman–Crippen LogP) is 2.10. The van der Waals surface area contributed by atoms with Crippen LogP contribution < -0.4 is 10.2 Å². The fourth-order valence-corrected chi connectivity index (χ4v) is 2.52. The highest BCUT2D eigenvalue weighted by molar-refractivity contribution is 5.79. The van der Waals surface area contributed by atoms with Crippen molar-refractivity contribution in [1.29, 1.82) is 0 Å². The van der Waals surface area contributed by atoms with Crippen LogP contribution >= 0.6 is 0 Å². The number of benzene rings is 1. The number of carbonyl (C=O) groups excluding carboxylic acids is 1. The maximum atomic E-state index is 13.9. The van der Waals surface area contributed by atoms with Gasteiger partial charge in [-0.15, -0.1) is 0 Å². The van der Waals surface area contributed by atoms with E-state index in [9.17, 15) is 9.18 Å². The number of anilines is 1. The maximum absolute atomic E-state index is 13.9. The normalized spacial score (nSPS) is 10.7. The van der Waals surface area contributed by atoms with E-state index in [1.54, 1.807) is 29.7 Å². The molecule has 1 aromatic heterocycles. The maximum Gasteiger partial charge on any atom is 0.224 e. The summed E-state index contributed by atoms with van der Waals surface area (Å²) in [4.78, 5) is 13.8. The van der Waals surface area contributed by atoms with Gasteiger partial charge in [0.25, 0.3) is 0 Å². The van der Waals surface area contributed by atoms with Gasteiger partial charge >= 0.3 is 0 Å². The molecule has 1 N–H and O–H groups in total. The van der Waals surface area contributed by atoms with E-state index in [1.165, 1.54) is 6.07 Å². The van der Waals surface area contributed by atoms with Crippen LogP contribution in [0, 0.1) is 19.7 Å². The van der Waals surface area contributed by atoms with E-state index < -0.39 is 0 Å². The van der Waals surface area contributed by atoms with Crippen molar-refractivity contribution in [3.63, 3.8) is 0 Å². The van der Waals surface area contributed by atoms with Crippen molar-refractivity contribution in [2.24, 2.45) is 7.05 Å². The first kappa shape index (κ1) is 17.0. The lowest BCUT2D eigenvalue weighted by molar-refractivity contribution is -0.120. The van der Waals surface area contributed by atoms with E-state index >= 15 is 0 Å². The molecule has 0 bridgehead atoms. The molecule has 0 aliphatic carbocycles. The van der Waals surface area contributed by atoms with Crippen LogP contribution in [0.5, 0.6) is 0 Å². The Morgan fingerprint density at radius 3 is 2.57 bits per heavy atom. The average Bonchev–Trinajstić information content (AvgIpc) is 2.71. The summed E-state index contributed by atoms with van der Waals surface area (Å²) in [6.45, 7) is 4.14. The summed E-state index contributed by atoms with van der Waals surface area (Å²) in [6, 6.07) is 4.99. The standard InChI is InChI=1S/C17H23FN4O/c1-11-14(12(2)22(5)20-11)9-17(23)19-10-13-6-7-16(21(3)4)15(18)8-13/h6-8H,9-10H2,1-5H3,(H,19,23). The van der Waals surface area contributed by atoms with E-state index in [2.05, 4.69) is 10.4 Å². The van der Waals surface area contributed by atoms with Crippen LogP contribution in [-0.4, -0.2) is 29.8 Å². The van der Waals surface area contributed by atoms with E-state index in [-0.39, 0.29) is 18.1 Å². The Labute approximate surface area is 136 Å². The number of nitrogens with one attached hydrogen (secondary N) is 1. The topological polar surface area (TPSA) is 50.2 Å². The van der Waals surface area contributed by atoms with Crippen LogP contribution in [-0.2, 0) is 24.8 Å². The Kier molecular flexibility index (Phi) is 5.03. The minimum Gasteiger partial charge on any atom is -0.375 e. The van der Waals surface area contributed by atoms with Gasteiger partial charge in [-0.25, -0.2) is 4.39 Å². The molecule has 23 heavy (non-hydrogen) atoms. The van der Waals surface area contributed by atoms with Gasteiger partial charge in [0.05, 0.1) is 17.8 Å². The van der Waals surface area contributed by atoms with Gasteiger partial charge in [0, 0.05) is 38.9 Å². The second kappa shape index (κ2) is 6.81. The number of nitrogens with zero attached hydrogens (tertiary/aromatic N) is 3. The first-order valence-electron chi connectivity index (χ1n) is 7.51. The number of hydrogen-bond acceptors (Lipinski definition) is 3. The number of hydrogen-bond donors (Lipinski definition) is 1. The van der Waals surface area contributed by atoms with Gasteiger partial charge in [0.2, 0.25) is 5.91 Å². The number of carbonyl (C=O) groups is 1. The number of aromatic nitrogens is 2. The molecule has 1 heterocycles. The lowest BCUT2D eigenvalue weighted by atomic mass is 10.1. The molecule has 5 nitrogen and oxygen atoms in total. The molecular weight excluding hydrogens is 295 g/mol. The molecule has 0 saturated heterocycles. The van der Waals surface area contributed by atoms with Crippen molar-refractivity contribution >= 4 is 11.6 Å². The van der Waals surface area contributed by atoms with Crippen molar-refractivity contribution in [3.8, 4) is 0 Å². The SMILES string of the molecule is Cc1nn(C)c(C)c1CC(=O)NCc1ccc(N(C)C)c(F)c1. The van der Waals surface area contributed by atoms with Gasteiger partial charge in [-0.3, -0.25) is 9.48 Å². The van der Waals surface area contributed by atoms with Crippen LogP contribution in [0.2, 0.25) is 0 Å². The molecule has 2 rings (SSSR count). The summed E-state index contributed by atoms with van der Waals surface area (Å²) < 4.78 is 15.7. The summed E-state index contributed by atoms with van der Waals surface area (Å²) in [5.74, 6) is -0.387. The largest absolute Gasteiger partial charge is 0.375 e. The molecule has 0 aliphatic heterocycles. The molecule has 0 unspecified atom stereocenters. The van der Waals surface area contributed by atoms with Crippen molar-refractivity contribution < 1.29 is 9.18 Å². The Morgan fingerprint density at radius 2 is 2.04 bits per heavy atom. The van der Waals surface area contributed by atoms with Crippen molar-refractivity contribution in [1.82, 2.24) is 15.1 Å². The summed E-state index contributed by atoms with van der Waals surface area (Å²) in [6.07, 6.45) is 0.282. The lowest BCUT2D eigenvalue weighted by Gasteiger charge is -2.14. The van der Waals surface area contributed by atoms with Crippen molar-refractivity contribution in [3.05, 3.63) is 46.5 Å². The molecule has 0 fully saturated rings.